The molecular formula is C14H13ClO. The van der Waals surface area contributed by atoms with Crippen molar-refractivity contribution in [3.63, 3.8) is 0 Å². The first-order chi connectivity index (χ1) is 7.70. The van der Waals surface area contributed by atoms with Crippen molar-refractivity contribution in [2.24, 2.45) is 0 Å². The summed E-state index contributed by atoms with van der Waals surface area (Å²) in [6, 6.07) is 13.9. The molecule has 0 atom stereocenters. The Hall–Kier alpha value is -1.47. The van der Waals surface area contributed by atoms with Gasteiger partial charge in [0.25, 0.3) is 0 Å². The molecule has 0 aliphatic carbocycles. The maximum atomic E-state index is 5.87. The molecule has 16 heavy (non-hydrogen) atoms. The van der Waals surface area contributed by atoms with Crippen LogP contribution in [-0.2, 0) is 0 Å². The number of benzene rings is 2. The molecule has 82 valence electrons. The molecule has 0 fully saturated rings. The number of halogens is 1. The van der Waals surface area contributed by atoms with Gasteiger partial charge in [-0.25, -0.2) is 0 Å². The van der Waals surface area contributed by atoms with E-state index >= 15 is 0 Å². The van der Waals surface area contributed by atoms with Gasteiger partial charge in [-0.2, -0.15) is 0 Å². The van der Waals surface area contributed by atoms with Crippen LogP contribution in [0.4, 0.5) is 0 Å². The van der Waals surface area contributed by atoms with E-state index in [0.29, 0.717) is 0 Å². The lowest BCUT2D eigenvalue weighted by Gasteiger charge is -2.08. The first kappa shape index (κ1) is 11.0. The highest BCUT2D eigenvalue weighted by Crippen LogP contribution is 2.27. The summed E-state index contributed by atoms with van der Waals surface area (Å²) >= 11 is 5.87. The van der Waals surface area contributed by atoms with Gasteiger partial charge in [0.2, 0.25) is 0 Å². The molecule has 0 spiro atoms. The zero-order valence-electron chi connectivity index (χ0n) is 9.33. The largest absolute Gasteiger partial charge is 0.497 e. The summed E-state index contributed by atoms with van der Waals surface area (Å²) in [5.74, 6) is 0.884. The van der Waals surface area contributed by atoms with E-state index in [1.54, 1.807) is 7.11 Å². The second-order valence-corrected chi connectivity index (χ2v) is 4.12. The number of hydrogen-bond acceptors (Lipinski definition) is 1. The Bertz CT molecular complexity index is 489. The molecule has 0 unspecified atom stereocenters. The molecule has 0 heterocycles. The highest BCUT2D eigenvalue weighted by atomic mass is 35.5. The van der Waals surface area contributed by atoms with Crippen LogP contribution >= 0.6 is 11.6 Å². The molecule has 2 rings (SSSR count). The average molecular weight is 233 g/mol. The molecule has 0 amide bonds. The molecule has 0 saturated carbocycles. The first-order valence-corrected chi connectivity index (χ1v) is 5.49. The molecule has 0 bridgehead atoms. The Morgan fingerprint density at radius 2 is 1.69 bits per heavy atom. The zero-order valence-corrected chi connectivity index (χ0v) is 10.1. The molecule has 0 N–H and O–H groups in total. The minimum absolute atomic E-state index is 0.759. The van der Waals surface area contributed by atoms with Crippen LogP contribution < -0.4 is 4.74 Å². The molecule has 0 radical (unpaired) electrons. The number of rotatable bonds is 2. The summed E-state index contributed by atoms with van der Waals surface area (Å²) in [7, 11) is 1.68. The van der Waals surface area contributed by atoms with Crippen molar-refractivity contribution in [2.45, 2.75) is 6.92 Å². The van der Waals surface area contributed by atoms with Crippen molar-refractivity contribution < 1.29 is 4.74 Å². The summed E-state index contributed by atoms with van der Waals surface area (Å²) < 4.78 is 5.18. The lowest BCUT2D eigenvalue weighted by Crippen LogP contribution is -1.87. The van der Waals surface area contributed by atoms with Gasteiger partial charge in [0.1, 0.15) is 5.75 Å². The number of hydrogen-bond donors (Lipinski definition) is 0. The normalized spacial score (nSPS) is 10.2. The van der Waals surface area contributed by atoms with Crippen molar-refractivity contribution >= 4 is 11.6 Å². The topological polar surface area (TPSA) is 9.23 Å². The zero-order chi connectivity index (χ0) is 11.5. The van der Waals surface area contributed by atoms with Gasteiger partial charge in [0, 0.05) is 5.02 Å². The van der Waals surface area contributed by atoms with Crippen molar-refractivity contribution in [2.75, 3.05) is 7.11 Å². The molecule has 2 aromatic carbocycles. The van der Waals surface area contributed by atoms with Gasteiger partial charge in [0.05, 0.1) is 7.11 Å². The monoisotopic (exact) mass is 232 g/mol. The summed E-state index contributed by atoms with van der Waals surface area (Å²) in [6.07, 6.45) is 0. The van der Waals surface area contributed by atoms with Crippen LogP contribution in [0.25, 0.3) is 11.1 Å². The lowest BCUT2D eigenvalue weighted by molar-refractivity contribution is 0.414. The first-order valence-electron chi connectivity index (χ1n) is 5.11. The van der Waals surface area contributed by atoms with Crippen LogP contribution in [0.1, 0.15) is 5.56 Å². The van der Waals surface area contributed by atoms with Gasteiger partial charge in [-0.1, -0.05) is 29.8 Å². The van der Waals surface area contributed by atoms with Crippen LogP contribution in [0.2, 0.25) is 5.02 Å². The standard InChI is InChI=1S/C14H13ClO/c1-10-9-13(16-2)7-8-14(10)11-3-5-12(15)6-4-11/h3-9H,1-2H3. The van der Waals surface area contributed by atoms with Crippen molar-refractivity contribution in [3.05, 3.63) is 53.1 Å². The Morgan fingerprint density at radius 3 is 2.25 bits per heavy atom. The quantitative estimate of drug-likeness (QED) is 0.749. The van der Waals surface area contributed by atoms with E-state index in [1.807, 2.05) is 36.4 Å². The van der Waals surface area contributed by atoms with Crippen LogP contribution in [0.5, 0.6) is 5.75 Å². The highest BCUT2D eigenvalue weighted by molar-refractivity contribution is 6.30. The van der Waals surface area contributed by atoms with Crippen LogP contribution in [0.3, 0.4) is 0 Å². The van der Waals surface area contributed by atoms with Gasteiger partial charge in [-0.15, -0.1) is 0 Å². The van der Waals surface area contributed by atoms with E-state index in [-0.39, 0.29) is 0 Å². The van der Waals surface area contributed by atoms with Crippen molar-refractivity contribution in [1.82, 2.24) is 0 Å². The van der Waals surface area contributed by atoms with E-state index in [2.05, 4.69) is 13.0 Å². The Kier molecular flexibility index (Phi) is 3.16. The van der Waals surface area contributed by atoms with Gasteiger partial charge < -0.3 is 4.74 Å². The second-order valence-electron chi connectivity index (χ2n) is 3.69. The Labute approximate surface area is 101 Å². The fourth-order valence-electron chi connectivity index (χ4n) is 1.72. The smallest absolute Gasteiger partial charge is 0.119 e. The number of aryl methyl sites for hydroxylation is 1. The SMILES string of the molecule is COc1ccc(-c2ccc(Cl)cc2)c(C)c1. The third kappa shape index (κ3) is 2.20. The summed E-state index contributed by atoms with van der Waals surface area (Å²) in [4.78, 5) is 0. The minimum Gasteiger partial charge on any atom is -0.497 e. The highest BCUT2D eigenvalue weighted by Gasteiger charge is 2.02. The molecule has 2 heteroatoms. The predicted octanol–water partition coefficient (Wildman–Crippen LogP) is 4.32. The fraction of sp³-hybridized carbons (Fsp3) is 0.143. The molecule has 0 saturated heterocycles. The van der Waals surface area contributed by atoms with Crippen molar-refractivity contribution in [1.29, 1.82) is 0 Å². The third-order valence-electron chi connectivity index (χ3n) is 2.59. The van der Waals surface area contributed by atoms with E-state index in [1.165, 1.54) is 16.7 Å². The predicted molar refractivity (Wildman–Crippen MR) is 68.2 cm³/mol. The molecular weight excluding hydrogens is 220 g/mol. The Balaban J connectivity index is 2.44. The van der Waals surface area contributed by atoms with E-state index in [0.717, 1.165) is 10.8 Å². The van der Waals surface area contributed by atoms with Gasteiger partial charge in [0.15, 0.2) is 0 Å². The maximum absolute atomic E-state index is 5.87. The average Bonchev–Trinajstić information content (AvgIpc) is 2.30. The fourth-order valence-corrected chi connectivity index (χ4v) is 1.84. The maximum Gasteiger partial charge on any atom is 0.119 e. The van der Waals surface area contributed by atoms with Crippen LogP contribution in [-0.4, -0.2) is 7.11 Å². The van der Waals surface area contributed by atoms with Gasteiger partial charge >= 0.3 is 0 Å². The minimum atomic E-state index is 0.759. The third-order valence-corrected chi connectivity index (χ3v) is 2.84. The Morgan fingerprint density at radius 1 is 1.00 bits per heavy atom. The summed E-state index contributed by atoms with van der Waals surface area (Å²) in [6.45, 7) is 2.08. The van der Waals surface area contributed by atoms with Gasteiger partial charge in [-0.05, 0) is 47.9 Å². The molecule has 1 nitrogen and oxygen atoms in total. The van der Waals surface area contributed by atoms with Gasteiger partial charge in [-0.3, -0.25) is 0 Å². The summed E-state index contributed by atoms with van der Waals surface area (Å²) in [5.41, 5.74) is 3.57. The molecule has 0 aliphatic heterocycles. The van der Waals surface area contributed by atoms with E-state index in [4.69, 9.17) is 16.3 Å². The summed E-state index contributed by atoms with van der Waals surface area (Å²) in [5, 5.41) is 0.759. The molecule has 0 aromatic heterocycles. The molecule has 0 aliphatic rings. The molecule has 2 aromatic rings. The lowest BCUT2D eigenvalue weighted by atomic mass is 10.0. The van der Waals surface area contributed by atoms with Crippen LogP contribution in [0, 0.1) is 6.92 Å². The van der Waals surface area contributed by atoms with E-state index < -0.39 is 0 Å². The number of methoxy groups -OCH3 is 1. The second kappa shape index (κ2) is 4.58. The van der Waals surface area contributed by atoms with Crippen LogP contribution in [0.15, 0.2) is 42.5 Å². The van der Waals surface area contributed by atoms with E-state index in [9.17, 15) is 0 Å². The van der Waals surface area contributed by atoms with Crippen molar-refractivity contribution in [3.8, 4) is 16.9 Å². The number of ether oxygens (including phenoxy) is 1.